The third-order valence-corrected chi connectivity index (χ3v) is 3.74. The van der Waals surface area contributed by atoms with Crippen LogP contribution in [0.15, 0.2) is 30.3 Å². The number of carbonyl (C=O) groups excluding carboxylic acids is 2. The van der Waals surface area contributed by atoms with Crippen LogP contribution in [0.25, 0.3) is 0 Å². The van der Waals surface area contributed by atoms with Gasteiger partial charge in [0.2, 0.25) is 5.91 Å². The van der Waals surface area contributed by atoms with E-state index in [0.29, 0.717) is 25.8 Å². The quantitative estimate of drug-likeness (QED) is 0.829. The van der Waals surface area contributed by atoms with Gasteiger partial charge < -0.3 is 10.4 Å². The Hall–Kier alpha value is -1.68. The summed E-state index contributed by atoms with van der Waals surface area (Å²) in [6.07, 6.45) is 0.937. The minimum atomic E-state index is -0.414. The zero-order valence-corrected chi connectivity index (χ0v) is 11.7. The van der Waals surface area contributed by atoms with Gasteiger partial charge in [-0.05, 0) is 18.9 Å². The van der Waals surface area contributed by atoms with E-state index in [9.17, 15) is 14.7 Å². The summed E-state index contributed by atoms with van der Waals surface area (Å²) in [7, 11) is 0. The summed E-state index contributed by atoms with van der Waals surface area (Å²) < 4.78 is 0. The van der Waals surface area contributed by atoms with Gasteiger partial charge in [-0.3, -0.25) is 9.59 Å². The lowest BCUT2D eigenvalue weighted by atomic mass is 9.83. The third kappa shape index (κ3) is 3.90. The molecule has 1 aromatic rings. The fraction of sp³-hybridized carbons (Fsp3) is 0.500. The molecule has 1 aliphatic rings. The minimum absolute atomic E-state index is 0.0453. The van der Waals surface area contributed by atoms with Crippen LogP contribution >= 0.6 is 0 Å². The van der Waals surface area contributed by atoms with Gasteiger partial charge in [-0.2, -0.15) is 0 Å². The van der Waals surface area contributed by atoms with E-state index >= 15 is 0 Å². The Balaban J connectivity index is 1.91. The molecule has 0 aliphatic heterocycles. The van der Waals surface area contributed by atoms with Crippen molar-refractivity contribution in [2.75, 3.05) is 6.54 Å². The Morgan fingerprint density at radius 2 is 2.00 bits per heavy atom. The number of Topliss-reactive ketones (excluding diaryl/α,β-unsaturated/α-hetero) is 1. The number of carbonyl (C=O) groups is 2. The zero-order chi connectivity index (χ0) is 14.5. The number of hydrogen-bond donors (Lipinski definition) is 2. The van der Waals surface area contributed by atoms with E-state index in [4.69, 9.17) is 0 Å². The first-order chi connectivity index (χ1) is 9.56. The lowest BCUT2D eigenvalue weighted by Gasteiger charge is -2.25. The van der Waals surface area contributed by atoms with Crippen molar-refractivity contribution in [2.24, 2.45) is 5.92 Å². The van der Waals surface area contributed by atoms with Crippen molar-refractivity contribution < 1.29 is 14.7 Å². The Morgan fingerprint density at radius 1 is 1.35 bits per heavy atom. The highest BCUT2D eigenvalue weighted by Gasteiger charge is 2.32. The highest BCUT2D eigenvalue weighted by molar-refractivity contribution is 5.96. The Morgan fingerprint density at radius 3 is 2.55 bits per heavy atom. The molecule has 1 aliphatic carbocycles. The van der Waals surface area contributed by atoms with Crippen LogP contribution in [0.1, 0.15) is 37.7 Å². The van der Waals surface area contributed by atoms with Crippen molar-refractivity contribution >= 4 is 11.7 Å². The summed E-state index contributed by atoms with van der Waals surface area (Å²) in [6.45, 7) is 2.25. The molecule has 108 valence electrons. The largest absolute Gasteiger partial charge is 0.393 e. The van der Waals surface area contributed by atoms with Crippen LogP contribution in [0.5, 0.6) is 0 Å². The van der Waals surface area contributed by atoms with Gasteiger partial charge in [-0.15, -0.1) is 0 Å². The summed E-state index contributed by atoms with van der Waals surface area (Å²) in [6, 6.07) is 9.87. The molecule has 2 atom stereocenters. The molecule has 0 radical (unpaired) electrons. The highest BCUT2D eigenvalue weighted by atomic mass is 16.3. The van der Waals surface area contributed by atoms with Crippen molar-refractivity contribution in [2.45, 2.75) is 38.2 Å². The number of aliphatic hydroxyl groups is 1. The fourth-order valence-corrected chi connectivity index (χ4v) is 2.52. The lowest BCUT2D eigenvalue weighted by molar-refractivity contribution is -0.138. The van der Waals surface area contributed by atoms with E-state index in [-0.39, 0.29) is 23.5 Å². The molecular weight excluding hydrogens is 254 g/mol. The molecule has 20 heavy (non-hydrogen) atoms. The molecule has 2 N–H and O–H groups in total. The van der Waals surface area contributed by atoms with E-state index in [1.807, 2.05) is 30.3 Å². The Kier molecular flexibility index (Phi) is 4.90. The molecule has 0 heterocycles. The number of benzene rings is 1. The second kappa shape index (κ2) is 6.66. The van der Waals surface area contributed by atoms with Crippen LogP contribution in [0.3, 0.4) is 0 Å². The van der Waals surface area contributed by atoms with Gasteiger partial charge >= 0.3 is 0 Å². The van der Waals surface area contributed by atoms with Crippen molar-refractivity contribution in [3.05, 3.63) is 35.9 Å². The van der Waals surface area contributed by atoms with Crippen LogP contribution in [-0.4, -0.2) is 29.4 Å². The van der Waals surface area contributed by atoms with Crippen molar-refractivity contribution in [1.82, 2.24) is 5.32 Å². The maximum atomic E-state index is 11.9. The molecule has 0 saturated heterocycles. The number of nitrogens with one attached hydrogen (secondary N) is 1. The van der Waals surface area contributed by atoms with E-state index in [0.717, 1.165) is 5.56 Å². The van der Waals surface area contributed by atoms with Crippen molar-refractivity contribution in [1.29, 1.82) is 0 Å². The maximum Gasteiger partial charge on any atom is 0.224 e. The summed E-state index contributed by atoms with van der Waals surface area (Å²) in [5.74, 6) is 0.0614. The van der Waals surface area contributed by atoms with Crippen LogP contribution in [0.4, 0.5) is 0 Å². The monoisotopic (exact) mass is 275 g/mol. The second-order valence-corrected chi connectivity index (χ2v) is 5.58. The third-order valence-electron chi connectivity index (χ3n) is 3.74. The average molecular weight is 275 g/mol. The summed E-state index contributed by atoms with van der Waals surface area (Å²) in [5, 5.41) is 12.5. The predicted molar refractivity (Wildman–Crippen MR) is 76.2 cm³/mol. The summed E-state index contributed by atoms with van der Waals surface area (Å²) >= 11 is 0. The SMILES string of the molecule is CC(O)CC(CNC(=O)C1CC(=O)C1)c1ccccc1. The maximum absolute atomic E-state index is 11.9. The highest BCUT2D eigenvalue weighted by Crippen LogP contribution is 2.24. The first-order valence-corrected chi connectivity index (χ1v) is 7.08. The van der Waals surface area contributed by atoms with E-state index in [2.05, 4.69) is 5.32 Å². The van der Waals surface area contributed by atoms with Crippen molar-refractivity contribution in [3.8, 4) is 0 Å². The van der Waals surface area contributed by atoms with Gasteiger partial charge in [-0.1, -0.05) is 30.3 Å². The van der Waals surface area contributed by atoms with Gasteiger partial charge in [0.15, 0.2) is 0 Å². The van der Waals surface area contributed by atoms with Gasteiger partial charge in [-0.25, -0.2) is 0 Å². The smallest absolute Gasteiger partial charge is 0.224 e. The van der Waals surface area contributed by atoms with Gasteiger partial charge in [0.25, 0.3) is 0 Å². The number of hydrogen-bond acceptors (Lipinski definition) is 3. The first-order valence-electron chi connectivity index (χ1n) is 7.08. The minimum Gasteiger partial charge on any atom is -0.393 e. The molecule has 0 spiro atoms. The molecule has 1 aromatic carbocycles. The molecule has 1 saturated carbocycles. The molecule has 4 nitrogen and oxygen atoms in total. The number of rotatable bonds is 6. The summed E-state index contributed by atoms with van der Waals surface area (Å²) in [5.41, 5.74) is 1.11. The molecule has 1 amide bonds. The van der Waals surface area contributed by atoms with Crippen LogP contribution in [-0.2, 0) is 9.59 Å². The predicted octanol–water partition coefficient (Wildman–Crippen LogP) is 1.64. The molecule has 0 bridgehead atoms. The molecular formula is C16H21NO3. The average Bonchev–Trinajstić information content (AvgIpc) is 2.40. The lowest BCUT2D eigenvalue weighted by Crippen LogP contribution is -2.40. The normalized spacial score (nSPS) is 18.2. The van der Waals surface area contributed by atoms with Crippen molar-refractivity contribution in [3.63, 3.8) is 0 Å². The number of ketones is 1. The molecule has 2 rings (SSSR count). The van der Waals surface area contributed by atoms with Gasteiger partial charge in [0, 0.05) is 25.3 Å². The first kappa shape index (κ1) is 14.7. The van der Waals surface area contributed by atoms with Gasteiger partial charge in [0.1, 0.15) is 5.78 Å². The fourth-order valence-electron chi connectivity index (χ4n) is 2.52. The Bertz CT molecular complexity index is 462. The van der Waals surface area contributed by atoms with Gasteiger partial charge in [0.05, 0.1) is 12.0 Å². The molecule has 0 aromatic heterocycles. The number of amides is 1. The zero-order valence-electron chi connectivity index (χ0n) is 11.7. The topological polar surface area (TPSA) is 66.4 Å². The van der Waals surface area contributed by atoms with Crippen LogP contribution < -0.4 is 5.32 Å². The molecule has 2 unspecified atom stereocenters. The summed E-state index contributed by atoms with van der Waals surface area (Å²) in [4.78, 5) is 22.8. The standard InChI is InChI=1S/C16H21NO3/c1-11(18)7-14(12-5-3-2-4-6-12)10-17-16(20)13-8-15(19)9-13/h2-6,11,13-14,18H,7-10H2,1H3,(H,17,20). The molecule has 4 heteroatoms. The van der Waals surface area contributed by atoms with Crippen LogP contribution in [0.2, 0.25) is 0 Å². The van der Waals surface area contributed by atoms with Crippen LogP contribution in [0, 0.1) is 5.92 Å². The van der Waals surface area contributed by atoms with E-state index in [1.165, 1.54) is 0 Å². The molecule has 1 fully saturated rings. The second-order valence-electron chi connectivity index (χ2n) is 5.58. The Labute approximate surface area is 119 Å². The number of aliphatic hydroxyl groups excluding tert-OH is 1. The van der Waals surface area contributed by atoms with E-state index in [1.54, 1.807) is 6.92 Å². The van der Waals surface area contributed by atoms with E-state index < -0.39 is 6.10 Å².